The molecule has 100 valence electrons. The molecule has 2 heteroatoms. The van der Waals surface area contributed by atoms with Crippen molar-refractivity contribution in [3.05, 3.63) is 71.3 Å². The summed E-state index contributed by atoms with van der Waals surface area (Å²) in [4.78, 5) is 0. The maximum absolute atomic E-state index is 6.25. The van der Waals surface area contributed by atoms with Crippen LogP contribution in [-0.2, 0) is 17.6 Å². The lowest BCUT2D eigenvalue weighted by Crippen LogP contribution is -2.13. The Morgan fingerprint density at radius 2 is 1.63 bits per heavy atom. The second-order valence-corrected chi connectivity index (χ2v) is 4.78. The highest BCUT2D eigenvalue weighted by Crippen LogP contribution is 2.17. The predicted octanol–water partition coefficient (Wildman–Crippen LogP) is 3.12. The number of benzene rings is 2. The fraction of sp³-hybridized carbons (Fsp3) is 0.294. The Balaban J connectivity index is 1.97. The second kappa shape index (κ2) is 7.07. The summed E-state index contributed by atoms with van der Waals surface area (Å²) < 4.78 is 5.08. The van der Waals surface area contributed by atoms with Crippen molar-refractivity contribution in [1.29, 1.82) is 0 Å². The molecule has 0 fully saturated rings. The average Bonchev–Trinajstić information content (AvgIpc) is 2.46. The molecule has 2 aromatic carbocycles. The molecule has 0 heterocycles. The summed E-state index contributed by atoms with van der Waals surface area (Å²) in [6, 6.07) is 18.9. The van der Waals surface area contributed by atoms with Crippen LogP contribution in [0.2, 0.25) is 0 Å². The second-order valence-electron chi connectivity index (χ2n) is 4.78. The van der Waals surface area contributed by atoms with Crippen LogP contribution in [0.3, 0.4) is 0 Å². The zero-order valence-corrected chi connectivity index (χ0v) is 11.4. The van der Waals surface area contributed by atoms with Crippen LogP contribution in [-0.4, -0.2) is 13.7 Å². The summed E-state index contributed by atoms with van der Waals surface area (Å²) in [6.07, 6.45) is 1.82. The Morgan fingerprint density at radius 1 is 0.947 bits per heavy atom. The van der Waals surface area contributed by atoms with Crippen LogP contribution in [0.25, 0.3) is 0 Å². The van der Waals surface area contributed by atoms with Crippen LogP contribution < -0.4 is 5.73 Å². The van der Waals surface area contributed by atoms with Crippen LogP contribution in [0.5, 0.6) is 0 Å². The Hall–Kier alpha value is -1.64. The van der Waals surface area contributed by atoms with Gasteiger partial charge in [0.05, 0.1) is 6.61 Å². The molecular weight excluding hydrogens is 234 g/mol. The quantitative estimate of drug-likeness (QED) is 0.860. The molecule has 19 heavy (non-hydrogen) atoms. The molecule has 1 atom stereocenters. The molecule has 0 radical (unpaired) electrons. The van der Waals surface area contributed by atoms with E-state index in [0.29, 0.717) is 0 Å². The van der Waals surface area contributed by atoms with Gasteiger partial charge >= 0.3 is 0 Å². The van der Waals surface area contributed by atoms with Crippen LogP contribution in [0, 0.1) is 0 Å². The van der Waals surface area contributed by atoms with Crippen LogP contribution in [0.15, 0.2) is 54.6 Å². The van der Waals surface area contributed by atoms with Crippen LogP contribution in [0.1, 0.15) is 22.7 Å². The van der Waals surface area contributed by atoms with E-state index in [4.69, 9.17) is 10.5 Å². The number of methoxy groups -OCH3 is 1. The minimum atomic E-state index is 0.0545. The summed E-state index contributed by atoms with van der Waals surface area (Å²) >= 11 is 0. The number of rotatable bonds is 6. The molecule has 0 saturated heterocycles. The smallest absolute Gasteiger partial charge is 0.0502 e. The van der Waals surface area contributed by atoms with E-state index in [0.717, 1.165) is 19.4 Å². The van der Waals surface area contributed by atoms with Gasteiger partial charge in [0, 0.05) is 13.2 Å². The van der Waals surface area contributed by atoms with Gasteiger partial charge in [0.2, 0.25) is 0 Å². The minimum Gasteiger partial charge on any atom is -0.384 e. The lowest BCUT2D eigenvalue weighted by atomic mass is 9.98. The molecule has 0 aliphatic rings. The molecule has 2 aromatic rings. The van der Waals surface area contributed by atoms with Gasteiger partial charge in [-0.15, -0.1) is 0 Å². The normalized spacial score (nSPS) is 12.3. The minimum absolute atomic E-state index is 0.0545. The van der Waals surface area contributed by atoms with Gasteiger partial charge in [-0.25, -0.2) is 0 Å². The third-order valence-electron chi connectivity index (χ3n) is 3.30. The summed E-state index contributed by atoms with van der Waals surface area (Å²) in [5.74, 6) is 0. The first-order valence-corrected chi connectivity index (χ1v) is 6.67. The molecule has 0 aliphatic heterocycles. The fourth-order valence-corrected chi connectivity index (χ4v) is 2.14. The third kappa shape index (κ3) is 4.19. The fourth-order valence-electron chi connectivity index (χ4n) is 2.14. The van der Waals surface area contributed by atoms with Crippen molar-refractivity contribution in [1.82, 2.24) is 0 Å². The molecule has 0 aromatic heterocycles. The largest absolute Gasteiger partial charge is 0.384 e. The van der Waals surface area contributed by atoms with Gasteiger partial charge in [-0.05, 0) is 29.5 Å². The molecule has 0 bridgehead atoms. The highest BCUT2D eigenvalue weighted by atomic mass is 16.5. The highest BCUT2D eigenvalue weighted by molar-refractivity contribution is 5.27. The monoisotopic (exact) mass is 255 g/mol. The van der Waals surface area contributed by atoms with Gasteiger partial charge in [0.1, 0.15) is 0 Å². The van der Waals surface area contributed by atoms with Crippen LogP contribution in [0.4, 0.5) is 0 Å². The Kier molecular flexibility index (Phi) is 5.13. The lowest BCUT2D eigenvalue weighted by molar-refractivity contribution is 0.202. The zero-order chi connectivity index (χ0) is 13.5. The summed E-state index contributed by atoms with van der Waals surface area (Å²) in [6.45, 7) is 0.759. The van der Waals surface area contributed by atoms with Crippen LogP contribution >= 0.6 is 0 Å². The van der Waals surface area contributed by atoms with Crippen molar-refractivity contribution in [2.24, 2.45) is 5.73 Å². The van der Waals surface area contributed by atoms with E-state index in [-0.39, 0.29) is 6.04 Å². The molecule has 0 saturated carbocycles. The van der Waals surface area contributed by atoms with Gasteiger partial charge in [0.15, 0.2) is 0 Å². The van der Waals surface area contributed by atoms with Crippen molar-refractivity contribution in [3.63, 3.8) is 0 Å². The highest BCUT2D eigenvalue weighted by Gasteiger charge is 2.06. The van der Waals surface area contributed by atoms with Gasteiger partial charge < -0.3 is 10.5 Å². The van der Waals surface area contributed by atoms with E-state index < -0.39 is 0 Å². The molecule has 1 unspecified atom stereocenters. The topological polar surface area (TPSA) is 35.2 Å². The summed E-state index contributed by atoms with van der Waals surface area (Å²) in [7, 11) is 1.73. The van der Waals surface area contributed by atoms with Crippen molar-refractivity contribution >= 4 is 0 Å². The Morgan fingerprint density at radius 3 is 2.26 bits per heavy atom. The SMILES string of the molecule is COCCc1ccc(C(N)Cc2ccccc2)cc1. The molecule has 2 N–H and O–H groups in total. The van der Waals surface area contributed by atoms with E-state index in [2.05, 4.69) is 48.5 Å². The van der Waals surface area contributed by atoms with Crippen molar-refractivity contribution in [2.45, 2.75) is 18.9 Å². The maximum atomic E-state index is 6.25. The Bertz CT molecular complexity index is 478. The Labute approximate surface area is 115 Å². The summed E-state index contributed by atoms with van der Waals surface area (Å²) in [5.41, 5.74) is 10.0. The molecule has 0 spiro atoms. The van der Waals surface area contributed by atoms with Crippen molar-refractivity contribution in [3.8, 4) is 0 Å². The van der Waals surface area contributed by atoms with Crippen molar-refractivity contribution in [2.75, 3.05) is 13.7 Å². The first kappa shape index (κ1) is 13.8. The lowest BCUT2D eigenvalue weighted by Gasteiger charge is -2.13. The third-order valence-corrected chi connectivity index (χ3v) is 3.30. The number of nitrogens with two attached hydrogens (primary N) is 1. The van der Waals surface area contributed by atoms with E-state index in [1.165, 1.54) is 16.7 Å². The first-order valence-electron chi connectivity index (χ1n) is 6.67. The average molecular weight is 255 g/mol. The van der Waals surface area contributed by atoms with Gasteiger partial charge in [0.25, 0.3) is 0 Å². The zero-order valence-electron chi connectivity index (χ0n) is 11.4. The van der Waals surface area contributed by atoms with Gasteiger partial charge in [-0.1, -0.05) is 54.6 Å². The standard InChI is InChI=1S/C17H21NO/c1-19-12-11-14-7-9-16(10-8-14)17(18)13-15-5-3-2-4-6-15/h2-10,17H,11-13,18H2,1H3. The number of hydrogen-bond acceptors (Lipinski definition) is 2. The maximum Gasteiger partial charge on any atom is 0.0502 e. The van der Waals surface area contributed by atoms with E-state index in [1.54, 1.807) is 7.11 Å². The molecule has 2 nitrogen and oxygen atoms in total. The van der Waals surface area contributed by atoms with E-state index >= 15 is 0 Å². The number of ether oxygens (including phenoxy) is 1. The van der Waals surface area contributed by atoms with E-state index in [1.807, 2.05) is 6.07 Å². The first-order chi connectivity index (χ1) is 9.29. The predicted molar refractivity (Wildman–Crippen MR) is 79.1 cm³/mol. The number of hydrogen-bond donors (Lipinski definition) is 1. The molecule has 0 amide bonds. The van der Waals surface area contributed by atoms with Gasteiger partial charge in [-0.2, -0.15) is 0 Å². The molecule has 2 rings (SSSR count). The molecular formula is C17H21NO. The van der Waals surface area contributed by atoms with Crippen molar-refractivity contribution < 1.29 is 4.74 Å². The van der Waals surface area contributed by atoms with Gasteiger partial charge in [-0.3, -0.25) is 0 Å². The summed E-state index contributed by atoms with van der Waals surface area (Å²) in [5, 5.41) is 0. The molecule has 0 aliphatic carbocycles. The van der Waals surface area contributed by atoms with E-state index in [9.17, 15) is 0 Å².